The molecular weight excluding hydrogens is 344 g/mol. The van der Waals surface area contributed by atoms with E-state index in [1.54, 1.807) is 18.3 Å². The van der Waals surface area contributed by atoms with Crippen molar-refractivity contribution in [3.63, 3.8) is 0 Å². The Morgan fingerprint density at radius 1 is 1.22 bits per heavy atom. The van der Waals surface area contributed by atoms with Crippen molar-refractivity contribution in [1.82, 2.24) is 10.3 Å². The molecule has 0 radical (unpaired) electrons. The predicted molar refractivity (Wildman–Crippen MR) is 103 cm³/mol. The van der Waals surface area contributed by atoms with Crippen LogP contribution in [0.3, 0.4) is 0 Å². The number of amides is 1. The minimum Gasteiger partial charge on any atom is -0.475 e. The van der Waals surface area contributed by atoms with Crippen molar-refractivity contribution >= 4 is 16.9 Å². The fraction of sp³-hybridized carbons (Fsp3) is 0.286. The van der Waals surface area contributed by atoms with Gasteiger partial charge in [-0.1, -0.05) is 18.2 Å². The largest absolute Gasteiger partial charge is 0.475 e. The van der Waals surface area contributed by atoms with Crippen molar-refractivity contribution in [2.45, 2.75) is 39.8 Å². The maximum atomic E-state index is 12.4. The predicted octanol–water partition coefficient (Wildman–Crippen LogP) is 3.14. The Labute approximate surface area is 157 Å². The summed E-state index contributed by atoms with van der Waals surface area (Å²) in [7, 11) is 0. The lowest BCUT2D eigenvalue weighted by Crippen LogP contribution is -2.25. The minimum atomic E-state index is -0.462. The van der Waals surface area contributed by atoms with Gasteiger partial charge in [0.2, 0.25) is 11.8 Å². The van der Waals surface area contributed by atoms with Crippen LogP contribution in [-0.4, -0.2) is 17.0 Å². The highest BCUT2D eigenvalue weighted by Gasteiger charge is 2.12. The fourth-order valence-corrected chi connectivity index (χ4v) is 2.80. The molecule has 0 bridgehead atoms. The Bertz CT molecular complexity index is 1020. The molecule has 0 fully saturated rings. The third-order valence-electron chi connectivity index (χ3n) is 4.01. The molecule has 0 saturated carbocycles. The molecule has 1 amide bonds. The number of rotatable bonds is 6. The van der Waals surface area contributed by atoms with Gasteiger partial charge in [0, 0.05) is 29.8 Å². The Balaban J connectivity index is 1.74. The zero-order chi connectivity index (χ0) is 19.4. The van der Waals surface area contributed by atoms with Gasteiger partial charge in [-0.15, -0.1) is 0 Å². The number of hydrogen-bond acceptors (Lipinski definition) is 5. The molecule has 1 aromatic carbocycles. The summed E-state index contributed by atoms with van der Waals surface area (Å²) in [5.74, 6) is 0.316. The number of nitrogens with one attached hydrogen (secondary N) is 1. The SMILES string of the molecule is Cc1ccc2c(CC(=O)NCc3cccnc3OC(C)C)cc(=O)oc2c1. The van der Waals surface area contributed by atoms with Gasteiger partial charge >= 0.3 is 5.63 Å². The standard InChI is InChI=1S/C21H22N2O4/c1-13(2)26-21-15(5-4-8-22-21)12-23-19(24)10-16-11-20(25)27-18-9-14(3)6-7-17(16)18/h4-9,11,13H,10,12H2,1-3H3,(H,23,24). The molecule has 6 heteroatoms. The van der Waals surface area contributed by atoms with E-state index < -0.39 is 5.63 Å². The molecule has 6 nitrogen and oxygen atoms in total. The Kier molecular flexibility index (Phi) is 5.54. The number of aryl methyl sites for hydroxylation is 1. The van der Waals surface area contributed by atoms with Gasteiger partial charge in [-0.25, -0.2) is 9.78 Å². The zero-order valence-electron chi connectivity index (χ0n) is 15.6. The van der Waals surface area contributed by atoms with E-state index in [0.717, 1.165) is 16.5 Å². The van der Waals surface area contributed by atoms with Gasteiger partial charge in [0.25, 0.3) is 0 Å². The summed E-state index contributed by atoms with van der Waals surface area (Å²) < 4.78 is 10.9. The number of carbonyl (C=O) groups is 1. The molecule has 0 unspecified atom stereocenters. The summed E-state index contributed by atoms with van der Waals surface area (Å²) in [6, 6.07) is 10.6. The van der Waals surface area contributed by atoms with Gasteiger partial charge in [0.15, 0.2) is 0 Å². The molecule has 2 heterocycles. The molecule has 3 aromatic rings. The third kappa shape index (κ3) is 4.73. The summed E-state index contributed by atoms with van der Waals surface area (Å²) >= 11 is 0. The van der Waals surface area contributed by atoms with Crippen LogP contribution < -0.4 is 15.7 Å². The van der Waals surface area contributed by atoms with Crippen LogP contribution in [-0.2, 0) is 17.8 Å². The van der Waals surface area contributed by atoms with Gasteiger partial charge in [0.1, 0.15) is 5.58 Å². The van der Waals surface area contributed by atoms with Crippen LogP contribution in [0, 0.1) is 6.92 Å². The molecule has 0 saturated heterocycles. The average Bonchev–Trinajstić information content (AvgIpc) is 2.60. The van der Waals surface area contributed by atoms with Gasteiger partial charge in [-0.05, 0) is 44.0 Å². The highest BCUT2D eigenvalue weighted by atomic mass is 16.5. The van der Waals surface area contributed by atoms with Crippen LogP contribution in [0.5, 0.6) is 5.88 Å². The van der Waals surface area contributed by atoms with E-state index >= 15 is 0 Å². The van der Waals surface area contributed by atoms with Crippen LogP contribution in [0.2, 0.25) is 0 Å². The number of nitrogens with zero attached hydrogens (tertiary/aromatic N) is 1. The minimum absolute atomic E-state index is 0.00674. The first-order chi connectivity index (χ1) is 12.9. The molecule has 0 aliphatic rings. The van der Waals surface area contributed by atoms with Crippen LogP contribution in [0.15, 0.2) is 51.8 Å². The lowest BCUT2D eigenvalue weighted by atomic mass is 10.1. The molecule has 27 heavy (non-hydrogen) atoms. The quantitative estimate of drug-likeness (QED) is 0.678. The molecule has 0 aliphatic carbocycles. The van der Waals surface area contributed by atoms with Gasteiger partial charge in [0.05, 0.1) is 12.5 Å². The highest BCUT2D eigenvalue weighted by Crippen LogP contribution is 2.19. The maximum absolute atomic E-state index is 12.4. The molecule has 1 N–H and O–H groups in total. The average molecular weight is 366 g/mol. The number of pyridine rings is 1. The molecule has 0 aliphatic heterocycles. The first kappa shape index (κ1) is 18.6. The van der Waals surface area contributed by atoms with Crippen molar-refractivity contribution in [1.29, 1.82) is 0 Å². The third-order valence-corrected chi connectivity index (χ3v) is 4.01. The van der Waals surface area contributed by atoms with Crippen LogP contribution in [0.4, 0.5) is 0 Å². The Morgan fingerprint density at radius 3 is 2.81 bits per heavy atom. The second-order valence-corrected chi connectivity index (χ2v) is 6.68. The smallest absolute Gasteiger partial charge is 0.336 e. The lowest BCUT2D eigenvalue weighted by molar-refractivity contribution is -0.120. The molecule has 2 aromatic heterocycles. The Hall–Kier alpha value is -3.15. The molecule has 140 valence electrons. The van der Waals surface area contributed by atoms with E-state index in [1.807, 2.05) is 39.0 Å². The van der Waals surface area contributed by atoms with Crippen molar-refractivity contribution in [2.24, 2.45) is 0 Å². The normalized spacial score (nSPS) is 11.0. The summed E-state index contributed by atoms with van der Waals surface area (Å²) in [4.78, 5) is 28.5. The van der Waals surface area contributed by atoms with E-state index in [0.29, 0.717) is 23.6 Å². The molecule has 0 spiro atoms. The van der Waals surface area contributed by atoms with Crippen LogP contribution >= 0.6 is 0 Å². The molecule has 3 rings (SSSR count). The van der Waals surface area contributed by atoms with E-state index in [-0.39, 0.29) is 18.4 Å². The van der Waals surface area contributed by atoms with Crippen molar-refractivity contribution < 1.29 is 13.9 Å². The van der Waals surface area contributed by atoms with Crippen LogP contribution in [0.25, 0.3) is 11.0 Å². The fourth-order valence-electron chi connectivity index (χ4n) is 2.80. The number of ether oxygens (including phenoxy) is 1. The topological polar surface area (TPSA) is 81.4 Å². The van der Waals surface area contributed by atoms with Crippen molar-refractivity contribution in [3.8, 4) is 5.88 Å². The van der Waals surface area contributed by atoms with E-state index in [9.17, 15) is 9.59 Å². The Morgan fingerprint density at radius 2 is 2.04 bits per heavy atom. The van der Waals surface area contributed by atoms with Crippen molar-refractivity contribution in [2.75, 3.05) is 0 Å². The number of benzene rings is 1. The highest BCUT2D eigenvalue weighted by molar-refractivity contribution is 5.87. The second-order valence-electron chi connectivity index (χ2n) is 6.68. The first-order valence-electron chi connectivity index (χ1n) is 8.83. The number of aromatic nitrogens is 1. The summed E-state index contributed by atoms with van der Waals surface area (Å²) in [5.41, 5.74) is 2.46. The number of fused-ring (bicyclic) bond motifs is 1. The van der Waals surface area contributed by atoms with E-state index in [1.165, 1.54) is 6.07 Å². The lowest BCUT2D eigenvalue weighted by Gasteiger charge is -2.13. The number of hydrogen-bond donors (Lipinski definition) is 1. The number of carbonyl (C=O) groups excluding carboxylic acids is 1. The van der Waals surface area contributed by atoms with E-state index in [2.05, 4.69) is 10.3 Å². The summed E-state index contributed by atoms with van der Waals surface area (Å²) in [6.45, 7) is 6.06. The molecule has 0 atom stereocenters. The molecular formula is C21H22N2O4. The van der Waals surface area contributed by atoms with E-state index in [4.69, 9.17) is 9.15 Å². The second kappa shape index (κ2) is 8.03. The van der Waals surface area contributed by atoms with Crippen LogP contribution in [0.1, 0.15) is 30.5 Å². The van der Waals surface area contributed by atoms with Gasteiger partial charge < -0.3 is 14.5 Å². The van der Waals surface area contributed by atoms with Gasteiger partial charge in [-0.3, -0.25) is 4.79 Å². The summed E-state index contributed by atoms with van der Waals surface area (Å²) in [6.07, 6.45) is 1.74. The summed E-state index contributed by atoms with van der Waals surface area (Å²) in [5, 5.41) is 3.63. The maximum Gasteiger partial charge on any atom is 0.336 e. The first-order valence-corrected chi connectivity index (χ1v) is 8.83. The van der Waals surface area contributed by atoms with Gasteiger partial charge in [-0.2, -0.15) is 0 Å². The van der Waals surface area contributed by atoms with Crippen molar-refractivity contribution in [3.05, 3.63) is 69.7 Å². The monoisotopic (exact) mass is 366 g/mol. The zero-order valence-corrected chi connectivity index (χ0v) is 15.6.